The van der Waals surface area contributed by atoms with E-state index < -0.39 is 14.9 Å². The summed E-state index contributed by atoms with van der Waals surface area (Å²) in [6.45, 7) is 5.91. The van der Waals surface area contributed by atoms with Crippen LogP contribution in [0.5, 0.6) is 0 Å². The largest absolute Gasteiger partial charge is 0.465 e. The summed E-state index contributed by atoms with van der Waals surface area (Å²) in [6.07, 6.45) is 0. The van der Waals surface area contributed by atoms with Crippen molar-refractivity contribution in [3.63, 3.8) is 0 Å². The van der Waals surface area contributed by atoms with Gasteiger partial charge in [-0.2, -0.15) is 0 Å². The van der Waals surface area contributed by atoms with Crippen LogP contribution in [0, 0.1) is 24.0 Å². The summed E-state index contributed by atoms with van der Waals surface area (Å²) in [5.41, 5.74) is 0.176. The van der Waals surface area contributed by atoms with Crippen molar-refractivity contribution in [2.75, 3.05) is 32.8 Å². The van der Waals surface area contributed by atoms with Gasteiger partial charge in [0.2, 0.25) is 10.0 Å². The minimum Gasteiger partial charge on any atom is -0.465 e. The number of nitro groups is 1. The molecule has 1 fully saturated rings. The van der Waals surface area contributed by atoms with Crippen molar-refractivity contribution in [1.29, 1.82) is 0 Å². The Labute approximate surface area is 163 Å². The third-order valence-electron chi connectivity index (χ3n) is 4.73. The van der Waals surface area contributed by atoms with Crippen molar-refractivity contribution in [3.05, 3.63) is 57.5 Å². The molecule has 28 heavy (non-hydrogen) atoms. The standard InChI is InChI=1S/C18H23N3O6S/c1-13-3-5-15(11-16(13)21(22)23)28(24,25)19-12-17(18-6-4-14(2)27-18)20-7-9-26-10-8-20/h3-6,11,17,19H,7-10,12H2,1-2H3. The maximum absolute atomic E-state index is 12.7. The number of nitro benzene ring substituents is 1. The van der Waals surface area contributed by atoms with Crippen LogP contribution in [0.1, 0.15) is 23.1 Å². The van der Waals surface area contributed by atoms with Gasteiger partial charge in [0, 0.05) is 31.3 Å². The van der Waals surface area contributed by atoms with Crippen molar-refractivity contribution in [1.82, 2.24) is 9.62 Å². The number of hydrogen-bond donors (Lipinski definition) is 1. The molecule has 1 unspecified atom stereocenters. The number of furan rings is 1. The Morgan fingerprint density at radius 1 is 1.21 bits per heavy atom. The number of sulfonamides is 1. The lowest BCUT2D eigenvalue weighted by Gasteiger charge is -2.33. The van der Waals surface area contributed by atoms with Crippen molar-refractivity contribution < 1.29 is 22.5 Å². The van der Waals surface area contributed by atoms with E-state index in [9.17, 15) is 18.5 Å². The summed E-state index contributed by atoms with van der Waals surface area (Å²) in [5, 5.41) is 11.1. The molecule has 0 spiro atoms. The number of benzene rings is 1. The fourth-order valence-electron chi connectivity index (χ4n) is 3.16. The Kier molecular flexibility index (Phi) is 6.14. The monoisotopic (exact) mass is 409 g/mol. The Balaban J connectivity index is 1.82. The Morgan fingerprint density at radius 3 is 2.54 bits per heavy atom. The normalized spacial score (nSPS) is 16.8. The number of morpholine rings is 1. The first-order chi connectivity index (χ1) is 13.3. The van der Waals surface area contributed by atoms with Crippen LogP contribution in [0.3, 0.4) is 0 Å². The first-order valence-electron chi connectivity index (χ1n) is 8.91. The van der Waals surface area contributed by atoms with E-state index in [1.807, 2.05) is 19.1 Å². The molecule has 1 aromatic carbocycles. The second kappa shape index (κ2) is 8.39. The molecular formula is C18H23N3O6S. The van der Waals surface area contributed by atoms with Crippen LogP contribution in [0.25, 0.3) is 0 Å². The molecule has 0 aliphatic carbocycles. The molecule has 1 aliphatic heterocycles. The first kappa shape index (κ1) is 20.5. The summed E-state index contributed by atoms with van der Waals surface area (Å²) in [7, 11) is -3.92. The molecular weight excluding hydrogens is 386 g/mol. The van der Waals surface area contributed by atoms with Crippen molar-refractivity contribution >= 4 is 15.7 Å². The number of ether oxygens (including phenoxy) is 1. The molecule has 9 nitrogen and oxygen atoms in total. The average molecular weight is 409 g/mol. The quantitative estimate of drug-likeness (QED) is 0.550. The fraction of sp³-hybridized carbons (Fsp3) is 0.444. The molecule has 0 amide bonds. The first-order valence-corrected chi connectivity index (χ1v) is 10.4. The minimum atomic E-state index is -3.92. The van der Waals surface area contributed by atoms with Gasteiger partial charge in [-0.15, -0.1) is 0 Å². The number of rotatable bonds is 7. The van der Waals surface area contributed by atoms with Gasteiger partial charge in [0.05, 0.1) is 29.1 Å². The number of nitrogens with zero attached hydrogens (tertiary/aromatic N) is 2. The Bertz CT molecular complexity index is 950. The molecule has 1 N–H and O–H groups in total. The molecule has 2 aromatic rings. The number of nitrogens with one attached hydrogen (secondary N) is 1. The van der Waals surface area contributed by atoms with E-state index in [1.54, 1.807) is 6.92 Å². The second-order valence-electron chi connectivity index (χ2n) is 6.67. The highest BCUT2D eigenvalue weighted by atomic mass is 32.2. The molecule has 0 radical (unpaired) electrons. The summed E-state index contributed by atoms with van der Waals surface area (Å²) in [4.78, 5) is 12.5. The van der Waals surface area contributed by atoms with Gasteiger partial charge in [-0.05, 0) is 32.0 Å². The molecule has 0 saturated carbocycles. The van der Waals surface area contributed by atoms with Gasteiger partial charge in [0.25, 0.3) is 5.69 Å². The van der Waals surface area contributed by atoms with E-state index in [-0.39, 0.29) is 23.2 Å². The summed E-state index contributed by atoms with van der Waals surface area (Å²) >= 11 is 0. The molecule has 2 heterocycles. The number of aryl methyl sites for hydroxylation is 2. The van der Waals surface area contributed by atoms with Crippen LogP contribution >= 0.6 is 0 Å². The van der Waals surface area contributed by atoms with Gasteiger partial charge in [-0.1, -0.05) is 6.07 Å². The molecule has 1 aromatic heterocycles. The van der Waals surface area contributed by atoms with E-state index in [4.69, 9.17) is 9.15 Å². The molecule has 1 atom stereocenters. The van der Waals surface area contributed by atoms with Gasteiger partial charge in [-0.3, -0.25) is 15.0 Å². The molecule has 3 rings (SSSR count). The highest BCUT2D eigenvalue weighted by Crippen LogP contribution is 2.25. The van der Waals surface area contributed by atoms with E-state index in [0.29, 0.717) is 37.6 Å². The average Bonchev–Trinajstić information content (AvgIpc) is 3.08. The Hall–Kier alpha value is -2.27. The zero-order valence-corrected chi connectivity index (χ0v) is 16.6. The highest BCUT2D eigenvalue weighted by Gasteiger charge is 2.28. The zero-order valence-electron chi connectivity index (χ0n) is 15.8. The van der Waals surface area contributed by atoms with E-state index in [2.05, 4.69) is 9.62 Å². The Morgan fingerprint density at radius 2 is 1.93 bits per heavy atom. The van der Waals surface area contributed by atoms with Crippen LogP contribution in [-0.2, 0) is 14.8 Å². The zero-order chi connectivity index (χ0) is 20.3. The fourth-order valence-corrected chi connectivity index (χ4v) is 4.21. The second-order valence-corrected chi connectivity index (χ2v) is 8.44. The highest BCUT2D eigenvalue weighted by molar-refractivity contribution is 7.89. The maximum Gasteiger partial charge on any atom is 0.273 e. The smallest absolute Gasteiger partial charge is 0.273 e. The summed E-state index contributed by atoms with van der Waals surface area (Å²) in [5.74, 6) is 1.40. The van der Waals surface area contributed by atoms with Gasteiger partial charge >= 0.3 is 0 Å². The minimum absolute atomic E-state index is 0.0803. The third-order valence-corrected chi connectivity index (χ3v) is 6.15. The van der Waals surface area contributed by atoms with E-state index in [1.165, 1.54) is 12.1 Å². The SMILES string of the molecule is Cc1ccc(C(CNS(=O)(=O)c2ccc(C)c([N+](=O)[O-])c2)N2CCOCC2)o1. The van der Waals surface area contributed by atoms with Crippen LogP contribution in [0.2, 0.25) is 0 Å². The lowest BCUT2D eigenvalue weighted by molar-refractivity contribution is -0.385. The molecule has 1 aliphatic rings. The van der Waals surface area contributed by atoms with Crippen molar-refractivity contribution in [2.24, 2.45) is 0 Å². The van der Waals surface area contributed by atoms with Gasteiger partial charge in [0.15, 0.2) is 0 Å². The van der Waals surface area contributed by atoms with E-state index >= 15 is 0 Å². The van der Waals surface area contributed by atoms with Crippen LogP contribution < -0.4 is 4.72 Å². The lowest BCUT2D eigenvalue weighted by atomic mass is 10.2. The van der Waals surface area contributed by atoms with Crippen LogP contribution in [-0.4, -0.2) is 51.1 Å². The maximum atomic E-state index is 12.7. The molecule has 152 valence electrons. The van der Waals surface area contributed by atoms with Crippen molar-refractivity contribution in [3.8, 4) is 0 Å². The van der Waals surface area contributed by atoms with E-state index in [0.717, 1.165) is 11.8 Å². The molecule has 0 bridgehead atoms. The molecule has 10 heteroatoms. The van der Waals surface area contributed by atoms with Crippen LogP contribution in [0.4, 0.5) is 5.69 Å². The van der Waals surface area contributed by atoms with Crippen molar-refractivity contribution in [2.45, 2.75) is 24.8 Å². The van der Waals surface area contributed by atoms with Gasteiger partial charge < -0.3 is 9.15 Å². The predicted octanol–water partition coefficient (Wildman–Crippen LogP) is 2.16. The number of hydrogen-bond acceptors (Lipinski definition) is 7. The van der Waals surface area contributed by atoms with Gasteiger partial charge in [0.1, 0.15) is 11.5 Å². The van der Waals surface area contributed by atoms with Gasteiger partial charge in [-0.25, -0.2) is 13.1 Å². The summed E-state index contributed by atoms with van der Waals surface area (Å²) in [6, 6.07) is 7.25. The third kappa shape index (κ3) is 4.58. The van der Waals surface area contributed by atoms with Crippen LogP contribution in [0.15, 0.2) is 39.6 Å². The predicted molar refractivity (Wildman–Crippen MR) is 102 cm³/mol. The lowest BCUT2D eigenvalue weighted by Crippen LogP contribution is -2.43. The summed E-state index contributed by atoms with van der Waals surface area (Å²) < 4.78 is 39.1. The molecule has 1 saturated heterocycles. The topological polar surface area (TPSA) is 115 Å².